The van der Waals surface area contributed by atoms with Crippen LogP contribution in [0.15, 0.2) is 10.9 Å². The second-order valence-electron chi connectivity index (χ2n) is 3.56. The predicted octanol–water partition coefficient (Wildman–Crippen LogP) is 0.808. The third-order valence-corrected chi connectivity index (χ3v) is 2.67. The van der Waals surface area contributed by atoms with Gasteiger partial charge in [0.05, 0.1) is 5.69 Å². The summed E-state index contributed by atoms with van der Waals surface area (Å²) in [6, 6.07) is 1.64. The van der Waals surface area contributed by atoms with E-state index in [-0.39, 0.29) is 5.56 Å². The number of aromatic nitrogens is 1. The summed E-state index contributed by atoms with van der Waals surface area (Å²) in [7, 11) is 0. The molecule has 14 heavy (non-hydrogen) atoms. The fourth-order valence-corrected chi connectivity index (χ4v) is 1.86. The Labute approximate surface area is 82.7 Å². The summed E-state index contributed by atoms with van der Waals surface area (Å²) in [5.41, 5.74) is 7.68. The maximum Gasteiger partial charge on any atom is 0.252 e. The summed E-state index contributed by atoms with van der Waals surface area (Å²) in [4.78, 5) is 11.7. The lowest BCUT2D eigenvalue weighted by Gasteiger charge is -2.22. The van der Waals surface area contributed by atoms with Gasteiger partial charge in [0.15, 0.2) is 0 Å². The van der Waals surface area contributed by atoms with E-state index in [1.54, 1.807) is 10.6 Å². The normalized spacial score (nSPS) is 14.6. The first kappa shape index (κ1) is 9.12. The molecule has 0 spiro atoms. The van der Waals surface area contributed by atoms with Gasteiger partial charge in [0.2, 0.25) is 0 Å². The Bertz CT molecular complexity index is 409. The van der Waals surface area contributed by atoms with E-state index in [0.717, 1.165) is 43.0 Å². The molecule has 1 aliphatic rings. The first-order chi connectivity index (χ1) is 6.74. The van der Waals surface area contributed by atoms with E-state index < -0.39 is 0 Å². The van der Waals surface area contributed by atoms with Crippen molar-refractivity contribution in [1.82, 2.24) is 4.57 Å². The Hall–Kier alpha value is -1.45. The van der Waals surface area contributed by atoms with Gasteiger partial charge in [0, 0.05) is 19.2 Å². The summed E-state index contributed by atoms with van der Waals surface area (Å²) >= 11 is 0. The quantitative estimate of drug-likeness (QED) is 0.693. The van der Waals surface area contributed by atoms with Crippen LogP contribution in [-0.2, 0) is 13.0 Å². The number of aryl methyl sites for hydroxylation is 1. The van der Waals surface area contributed by atoms with Gasteiger partial charge in [-0.15, -0.1) is 0 Å². The van der Waals surface area contributed by atoms with Gasteiger partial charge in [0.1, 0.15) is 5.82 Å². The highest BCUT2D eigenvalue weighted by Crippen LogP contribution is 2.23. The van der Waals surface area contributed by atoms with Crippen LogP contribution in [0.3, 0.4) is 0 Å². The molecule has 2 heterocycles. The Morgan fingerprint density at radius 2 is 2.43 bits per heavy atom. The van der Waals surface area contributed by atoms with Crippen LogP contribution in [0.2, 0.25) is 0 Å². The van der Waals surface area contributed by atoms with Gasteiger partial charge in [-0.25, -0.2) is 0 Å². The smallest absolute Gasteiger partial charge is 0.252 e. The first-order valence-corrected chi connectivity index (χ1v) is 5.00. The van der Waals surface area contributed by atoms with Gasteiger partial charge in [-0.1, -0.05) is 6.92 Å². The van der Waals surface area contributed by atoms with E-state index in [1.165, 1.54) is 0 Å². The minimum atomic E-state index is 0.0539. The average Bonchev–Trinajstić information content (AvgIpc) is 2.23. The molecule has 4 heteroatoms. The highest BCUT2D eigenvalue weighted by molar-refractivity contribution is 5.66. The number of nitrogens with two attached hydrogens (primary N) is 1. The van der Waals surface area contributed by atoms with Gasteiger partial charge in [0.25, 0.3) is 5.56 Å². The van der Waals surface area contributed by atoms with Crippen LogP contribution < -0.4 is 16.6 Å². The van der Waals surface area contributed by atoms with Gasteiger partial charge >= 0.3 is 0 Å². The van der Waals surface area contributed by atoms with Crippen molar-refractivity contribution < 1.29 is 0 Å². The molecular formula is C10H15N3O. The second kappa shape index (κ2) is 3.36. The van der Waals surface area contributed by atoms with Crippen LogP contribution in [0.5, 0.6) is 0 Å². The summed E-state index contributed by atoms with van der Waals surface area (Å²) in [6.45, 7) is 3.68. The number of nitrogen functional groups attached to an aromatic ring is 1. The fraction of sp³-hybridized carbons (Fsp3) is 0.500. The zero-order chi connectivity index (χ0) is 10.1. The van der Waals surface area contributed by atoms with Crippen molar-refractivity contribution in [2.75, 3.05) is 17.6 Å². The monoisotopic (exact) mass is 193 g/mol. The fourth-order valence-electron chi connectivity index (χ4n) is 1.86. The van der Waals surface area contributed by atoms with E-state index in [1.807, 2.05) is 6.92 Å². The number of nitrogens with zero attached hydrogens (tertiary/aromatic N) is 1. The molecule has 0 fully saturated rings. The lowest BCUT2D eigenvalue weighted by atomic mass is 10.1. The molecule has 0 atom stereocenters. The number of hydrogen-bond acceptors (Lipinski definition) is 3. The number of fused-ring (bicyclic) bond motifs is 1. The SMILES string of the molecule is CCc1cc(=O)n2c(c1N)NCCC2. The van der Waals surface area contributed by atoms with Gasteiger partial charge < -0.3 is 11.1 Å². The van der Waals surface area contributed by atoms with Crippen molar-refractivity contribution in [2.24, 2.45) is 0 Å². The molecule has 2 rings (SSSR count). The molecular weight excluding hydrogens is 178 g/mol. The van der Waals surface area contributed by atoms with E-state index >= 15 is 0 Å². The molecule has 0 saturated carbocycles. The molecule has 0 saturated heterocycles. The van der Waals surface area contributed by atoms with Crippen molar-refractivity contribution >= 4 is 11.5 Å². The van der Waals surface area contributed by atoms with Crippen molar-refractivity contribution in [1.29, 1.82) is 0 Å². The molecule has 76 valence electrons. The first-order valence-electron chi connectivity index (χ1n) is 5.00. The summed E-state index contributed by atoms with van der Waals surface area (Å²) in [5.74, 6) is 0.806. The Morgan fingerprint density at radius 3 is 3.14 bits per heavy atom. The predicted molar refractivity (Wildman–Crippen MR) is 57.6 cm³/mol. The molecule has 0 amide bonds. The molecule has 0 unspecified atom stereocenters. The molecule has 1 aromatic rings. The number of hydrogen-bond donors (Lipinski definition) is 2. The van der Waals surface area contributed by atoms with E-state index in [4.69, 9.17) is 5.73 Å². The van der Waals surface area contributed by atoms with Crippen LogP contribution in [0, 0.1) is 0 Å². The lowest BCUT2D eigenvalue weighted by molar-refractivity contribution is 0.609. The Balaban J connectivity index is 2.65. The van der Waals surface area contributed by atoms with Gasteiger partial charge in [-0.3, -0.25) is 9.36 Å². The largest absolute Gasteiger partial charge is 0.396 e. The Morgan fingerprint density at radius 1 is 1.64 bits per heavy atom. The van der Waals surface area contributed by atoms with E-state index in [2.05, 4.69) is 5.32 Å². The minimum absolute atomic E-state index is 0.0539. The molecule has 3 N–H and O–H groups in total. The number of anilines is 2. The molecule has 0 aliphatic carbocycles. The van der Waals surface area contributed by atoms with Crippen LogP contribution in [0.25, 0.3) is 0 Å². The van der Waals surface area contributed by atoms with Crippen LogP contribution in [-0.4, -0.2) is 11.1 Å². The number of nitrogens with one attached hydrogen (secondary N) is 1. The van der Waals surface area contributed by atoms with E-state index in [0.29, 0.717) is 0 Å². The zero-order valence-corrected chi connectivity index (χ0v) is 8.34. The zero-order valence-electron chi connectivity index (χ0n) is 8.34. The number of pyridine rings is 1. The van der Waals surface area contributed by atoms with Crippen molar-refractivity contribution in [3.05, 3.63) is 22.0 Å². The third-order valence-electron chi connectivity index (χ3n) is 2.67. The van der Waals surface area contributed by atoms with Crippen LogP contribution >= 0.6 is 0 Å². The molecule has 0 radical (unpaired) electrons. The maximum absolute atomic E-state index is 11.7. The van der Waals surface area contributed by atoms with Crippen molar-refractivity contribution in [3.63, 3.8) is 0 Å². The highest BCUT2D eigenvalue weighted by atomic mass is 16.1. The lowest BCUT2D eigenvalue weighted by Crippen LogP contribution is -2.30. The second-order valence-corrected chi connectivity index (χ2v) is 3.56. The average molecular weight is 193 g/mol. The molecule has 0 bridgehead atoms. The summed E-state index contributed by atoms with van der Waals surface area (Å²) < 4.78 is 1.72. The number of rotatable bonds is 1. The summed E-state index contributed by atoms with van der Waals surface area (Å²) in [5, 5.41) is 3.18. The van der Waals surface area contributed by atoms with Crippen molar-refractivity contribution in [2.45, 2.75) is 26.3 Å². The van der Waals surface area contributed by atoms with Crippen molar-refractivity contribution in [3.8, 4) is 0 Å². The van der Waals surface area contributed by atoms with Gasteiger partial charge in [-0.2, -0.15) is 0 Å². The van der Waals surface area contributed by atoms with E-state index in [9.17, 15) is 4.79 Å². The molecule has 1 aromatic heterocycles. The standard InChI is InChI=1S/C10H15N3O/c1-2-7-6-8(14)13-5-3-4-12-10(13)9(7)11/h6,12H,2-5,11H2,1H3. The summed E-state index contributed by atoms with van der Waals surface area (Å²) in [6.07, 6.45) is 1.79. The third kappa shape index (κ3) is 1.27. The molecule has 1 aliphatic heterocycles. The topological polar surface area (TPSA) is 60.0 Å². The molecule has 4 nitrogen and oxygen atoms in total. The molecule has 0 aromatic carbocycles. The minimum Gasteiger partial charge on any atom is -0.396 e. The van der Waals surface area contributed by atoms with Crippen LogP contribution in [0.1, 0.15) is 18.9 Å². The van der Waals surface area contributed by atoms with Gasteiger partial charge in [-0.05, 0) is 18.4 Å². The van der Waals surface area contributed by atoms with Crippen LogP contribution in [0.4, 0.5) is 11.5 Å². The Kier molecular flexibility index (Phi) is 2.19. The highest BCUT2D eigenvalue weighted by Gasteiger charge is 2.14. The maximum atomic E-state index is 11.7.